The van der Waals surface area contributed by atoms with E-state index in [2.05, 4.69) is 33.0 Å². The number of thiocarbonyl (C=S) groups is 1. The first-order valence-corrected chi connectivity index (χ1v) is 7.77. The van der Waals surface area contributed by atoms with Gasteiger partial charge >= 0.3 is 0 Å². The second-order valence-corrected chi connectivity index (χ2v) is 5.67. The molecule has 2 aromatic rings. The molecule has 0 radical (unpaired) electrons. The van der Waals surface area contributed by atoms with E-state index in [1.807, 2.05) is 30.5 Å². The van der Waals surface area contributed by atoms with Crippen LogP contribution in [0.15, 0.2) is 40.8 Å². The molecule has 1 heterocycles. The predicted octanol–water partition coefficient (Wildman–Crippen LogP) is 2.16. The highest BCUT2D eigenvalue weighted by Gasteiger charge is 2.02. The fourth-order valence-electron chi connectivity index (χ4n) is 1.65. The van der Waals surface area contributed by atoms with Gasteiger partial charge in [0.2, 0.25) is 0 Å². The van der Waals surface area contributed by atoms with Gasteiger partial charge in [0.05, 0.1) is 11.4 Å². The molecule has 0 atom stereocenters. The Morgan fingerprint density at radius 3 is 2.81 bits per heavy atom. The van der Waals surface area contributed by atoms with Gasteiger partial charge in [0, 0.05) is 11.9 Å². The molecule has 0 aliphatic rings. The molecule has 0 amide bonds. The van der Waals surface area contributed by atoms with Crippen LogP contribution < -0.4 is 16.5 Å². The van der Waals surface area contributed by atoms with Gasteiger partial charge in [-0.15, -0.1) is 11.3 Å². The summed E-state index contributed by atoms with van der Waals surface area (Å²) >= 11 is 6.56. The molecule has 0 aliphatic heterocycles. The Kier molecular flexibility index (Phi) is 5.65. The van der Waals surface area contributed by atoms with Crippen molar-refractivity contribution in [1.82, 2.24) is 15.7 Å². The number of aromatic nitrogens is 1. The third-order valence-corrected chi connectivity index (χ3v) is 3.67. The van der Waals surface area contributed by atoms with Crippen molar-refractivity contribution < 1.29 is 0 Å². The molecular weight excluding hydrogens is 302 g/mol. The van der Waals surface area contributed by atoms with Crippen LogP contribution in [0.5, 0.6) is 0 Å². The van der Waals surface area contributed by atoms with Gasteiger partial charge in [-0.3, -0.25) is 5.43 Å². The topological polar surface area (TPSA) is 75.3 Å². The molecule has 0 saturated carbocycles. The molecular formula is C14H17N5S2. The van der Waals surface area contributed by atoms with Crippen molar-refractivity contribution in [2.45, 2.75) is 13.3 Å². The van der Waals surface area contributed by atoms with Crippen LogP contribution in [0.3, 0.4) is 0 Å². The highest BCUT2D eigenvalue weighted by Crippen LogP contribution is 2.11. The molecule has 7 heteroatoms. The van der Waals surface area contributed by atoms with Crippen molar-refractivity contribution in [3.63, 3.8) is 0 Å². The number of nitrogens with one attached hydrogen (secondary N) is 2. The van der Waals surface area contributed by atoms with E-state index >= 15 is 0 Å². The normalized spacial score (nSPS) is 11.2. The summed E-state index contributed by atoms with van der Waals surface area (Å²) in [7, 11) is 0. The second-order valence-electron chi connectivity index (χ2n) is 4.37. The number of hydrogen-bond donors (Lipinski definition) is 3. The molecule has 1 aromatic heterocycles. The van der Waals surface area contributed by atoms with E-state index in [1.165, 1.54) is 16.9 Å². The number of benzene rings is 1. The minimum Gasteiger partial charge on any atom is -0.375 e. The zero-order chi connectivity index (χ0) is 15.1. The molecule has 0 spiro atoms. The van der Waals surface area contributed by atoms with E-state index < -0.39 is 0 Å². The lowest BCUT2D eigenvalue weighted by molar-refractivity contribution is 0.836. The maximum absolute atomic E-state index is 5.59. The Bertz CT molecular complexity index is 621. The minimum atomic E-state index is 0.494. The lowest BCUT2D eigenvalue weighted by atomic mass is 10.1. The molecule has 21 heavy (non-hydrogen) atoms. The van der Waals surface area contributed by atoms with Gasteiger partial charge in [-0.05, 0) is 31.1 Å². The van der Waals surface area contributed by atoms with E-state index in [4.69, 9.17) is 18.0 Å². The Labute approximate surface area is 133 Å². The lowest BCUT2D eigenvalue weighted by Gasteiger charge is -2.07. The summed E-state index contributed by atoms with van der Waals surface area (Å²) in [6.07, 6.45) is 0.911. The van der Waals surface area contributed by atoms with Crippen molar-refractivity contribution in [2.24, 2.45) is 5.10 Å². The Morgan fingerprint density at radius 2 is 2.14 bits per heavy atom. The smallest absolute Gasteiger partial charge is 0.186 e. The number of nitrogens with two attached hydrogens (primary N) is 1. The van der Waals surface area contributed by atoms with Crippen molar-refractivity contribution in [3.8, 4) is 0 Å². The molecule has 4 N–H and O–H groups in total. The summed E-state index contributed by atoms with van der Waals surface area (Å²) in [6.45, 7) is 2.61. The first kappa shape index (κ1) is 15.4. The number of hydrazone groups is 1. The fourth-order valence-corrected chi connectivity index (χ4v) is 2.40. The quantitative estimate of drug-likeness (QED) is 0.447. The van der Waals surface area contributed by atoms with Gasteiger partial charge in [0.25, 0.3) is 0 Å². The van der Waals surface area contributed by atoms with Crippen LogP contribution in [0.1, 0.15) is 18.2 Å². The molecule has 0 aliphatic carbocycles. The van der Waals surface area contributed by atoms with Crippen LogP contribution in [-0.4, -0.2) is 22.4 Å². The first-order valence-electron chi connectivity index (χ1n) is 6.48. The maximum Gasteiger partial charge on any atom is 0.186 e. The summed E-state index contributed by atoms with van der Waals surface area (Å²) in [4.78, 5) is 4.15. The van der Waals surface area contributed by atoms with Gasteiger partial charge in [0.1, 0.15) is 0 Å². The molecule has 1 aromatic carbocycles. The number of nitrogens with zero attached hydrogens (tertiary/aromatic N) is 2. The van der Waals surface area contributed by atoms with Gasteiger partial charge < -0.3 is 11.1 Å². The average Bonchev–Trinajstić information content (AvgIpc) is 2.92. The van der Waals surface area contributed by atoms with Gasteiger partial charge in [-0.25, -0.2) is 4.98 Å². The molecule has 110 valence electrons. The predicted molar refractivity (Wildman–Crippen MR) is 92.6 cm³/mol. The zero-order valence-corrected chi connectivity index (χ0v) is 13.3. The van der Waals surface area contributed by atoms with Crippen LogP contribution >= 0.6 is 23.6 Å². The summed E-state index contributed by atoms with van der Waals surface area (Å²) < 4.78 is 0. The Hall–Kier alpha value is -1.99. The van der Waals surface area contributed by atoms with Gasteiger partial charge in [0.15, 0.2) is 10.2 Å². The van der Waals surface area contributed by atoms with Crippen LogP contribution in [-0.2, 0) is 6.42 Å². The largest absolute Gasteiger partial charge is 0.375 e. The van der Waals surface area contributed by atoms with Crippen LogP contribution in [0, 0.1) is 0 Å². The van der Waals surface area contributed by atoms with Crippen molar-refractivity contribution in [3.05, 3.63) is 47.0 Å². The van der Waals surface area contributed by atoms with E-state index in [-0.39, 0.29) is 0 Å². The fraction of sp³-hybridized carbons (Fsp3) is 0.214. The number of nitrogen functional groups attached to an aromatic ring is 1. The molecule has 0 fully saturated rings. The van der Waals surface area contributed by atoms with E-state index in [9.17, 15) is 0 Å². The average molecular weight is 319 g/mol. The monoisotopic (exact) mass is 319 g/mol. The van der Waals surface area contributed by atoms with Crippen LogP contribution in [0.2, 0.25) is 0 Å². The minimum absolute atomic E-state index is 0.494. The zero-order valence-electron chi connectivity index (χ0n) is 11.7. The Balaban J connectivity index is 1.74. The van der Waals surface area contributed by atoms with Crippen LogP contribution in [0.4, 0.5) is 5.13 Å². The third kappa shape index (κ3) is 5.13. The third-order valence-electron chi connectivity index (χ3n) is 2.76. The maximum atomic E-state index is 5.59. The first-order chi connectivity index (χ1) is 10.1. The number of thiazole rings is 1. The standard InChI is InChI=1S/C14H17N5S2/c1-10(12-9-21-13(15)17-12)18-19-14(20)16-8-7-11-5-3-2-4-6-11/h2-6,9H,7-8H2,1H3,(H2,15,17)(H2,16,19,20)/b18-10+. The second kappa shape index (κ2) is 7.70. The van der Waals surface area contributed by atoms with Gasteiger partial charge in [-0.1, -0.05) is 30.3 Å². The van der Waals surface area contributed by atoms with Crippen LogP contribution in [0.25, 0.3) is 0 Å². The number of anilines is 1. The van der Waals surface area contributed by atoms with E-state index in [0.29, 0.717) is 10.2 Å². The highest BCUT2D eigenvalue weighted by molar-refractivity contribution is 7.80. The van der Waals surface area contributed by atoms with Crippen molar-refractivity contribution >= 4 is 39.5 Å². The molecule has 0 saturated heterocycles. The number of hydrogen-bond acceptors (Lipinski definition) is 5. The highest BCUT2D eigenvalue weighted by atomic mass is 32.1. The van der Waals surface area contributed by atoms with Crippen molar-refractivity contribution in [2.75, 3.05) is 12.3 Å². The van der Waals surface area contributed by atoms with Crippen molar-refractivity contribution in [1.29, 1.82) is 0 Å². The molecule has 2 rings (SSSR count). The Morgan fingerprint density at radius 1 is 1.38 bits per heavy atom. The summed E-state index contributed by atoms with van der Waals surface area (Å²) in [6, 6.07) is 10.2. The number of rotatable bonds is 5. The lowest BCUT2D eigenvalue weighted by Crippen LogP contribution is -2.34. The SMILES string of the molecule is C/C(=N\NC(=S)NCCc1ccccc1)c1csc(N)n1. The van der Waals surface area contributed by atoms with E-state index in [1.54, 1.807) is 0 Å². The summed E-state index contributed by atoms with van der Waals surface area (Å²) in [5, 5.41) is 10.2. The molecule has 5 nitrogen and oxygen atoms in total. The molecule has 0 bridgehead atoms. The van der Waals surface area contributed by atoms with E-state index in [0.717, 1.165) is 24.4 Å². The summed E-state index contributed by atoms with van der Waals surface area (Å²) in [5.41, 5.74) is 11.2. The van der Waals surface area contributed by atoms with Gasteiger partial charge in [-0.2, -0.15) is 5.10 Å². The molecule has 0 unspecified atom stereocenters. The summed E-state index contributed by atoms with van der Waals surface area (Å²) in [5.74, 6) is 0.